The standard InChI is InChI=1S/C7H8O4/c8-6(9)3-1-4-7(10-4)5(2-3)11-7/h3-5H,1-2H2,(H,8,9). The Kier molecular flexibility index (Phi) is 0.784. The molecule has 1 saturated carbocycles. The van der Waals surface area contributed by atoms with Gasteiger partial charge in [-0.05, 0) is 12.8 Å². The third-order valence-corrected chi connectivity index (χ3v) is 2.78. The molecule has 1 N–H and O–H groups in total. The molecule has 1 spiro atoms. The second kappa shape index (κ2) is 1.44. The molecule has 4 nitrogen and oxygen atoms in total. The van der Waals surface area contributed by atoms with E-state index in [0.29, 0.717) is 12.8 Å². The van der Waals surface area contributed by atoms with Crippen LogP contribution in [0.25, 0.3) is 0 Å². The summed E-state index contributed by atoms with van der Waals surface area (Å²) in [7, 11) is 0. The molecule has 2 aliphatic heterocycles. The number of carboxylic acids is 1. The first-order chi connectivity index (χ1) is 5.22. The van der Waals surface area contributed by atoms with Gasteiger partial charge in [0, 0.05) is 0 Å². The van der Waals surface area contributed by atoms with Crippen molar-refractivity contribution < 1.29 is 19.4 Å². The fourth-order valence-electron chi connectivity index (χ4n) is 2.00. The van der Waals surface area contributed by atoms with Gasteiger partial charge in [0.15, 0.2) is 0 Å². The molecule has 3 aliphatic rings. The second-order valence-corrected chi connectivity index (χ2v) is 3.44. The highest BCUT2D eigenvalue weighted by Crippen LogP contribution is 2.62. The van der Waals surface area contributed by atoms with Gasteiger partial charge in [0.2, 0.25) is 5.79 Å². The Hall–Kier alpha value is -0.610. The number of aliphatic carboxylic acids is 1. The van der Waals surface area contributed by atoms with Crippen LogP contribution in [0, 0.1) is 5.92 Å². The van der Waals surface area contributed by atoms with Crippen LogP contribution >= 0.6 is 0 Å². The topological polar surface area (TPSA) is 62.4 Å². The summed E-state index contributed by atoms with van der Waals surface area (Å²) in [6, 6.07) is 0. The van der Waals surface area contributed by atoms with Crippen molar-refractivity contribution in [1.29, 1.82) is 0 Å². The van der Waals surface area contributed by atoms with E-state index in [-0.39, 0.29) is 23.9 Å². The lowest BCUT2D eigenvalue weighted by Crippen LogP contribution is -2.23. The molecular weight excluding hydrogens is 148 g/mol. The van der Waals surface area contributed by atoms with Gasteiger partial charge in [0.05, 0.1) is 5.92 Å². The summed E-state index contributed by atoms with van der Waals surface area (Å²) in [5.41, 5.74) is 0. The van der Waals surface area contributed by atoms with Crippen LogP contribution in [-0.4, -0.2) is 29.1 Å². The van der Waals surface area contributed by atoms with Crippen molar-refractivity contribution in [3.8, 4) is 0 Å². The zero-order chi connectivity index (χ0) is 7.64. The minimum atomic E-state index is -0.718. The molecule has 2 atom stereocenters. The molecule has 0 aromatic carbocycles. The number of rotatable bonds is 1. The molecule has 4 heteroatoms. The molecule has 2 heterocycles. The maximum Gasteiger partial charge on any atom is 0.306 e. The van der Waals surface area contributed by atoms with Gasteiger partial charge in [0.1, 0.15) is 12.2 Å². The lowest BCUT2D eigenvalue weighted by molar-refractivity contribution is -0.142. The van der Waals surface area contributed by atoms with E-state index < -0.39 is 5.97 Å². The van der Waals surface area contributed by atoms with Gasteiger partial charge in [-0.25, -0.2) is 0 Å². The largest absolute Gasteiger partial charge is 0.481 e. The average Bonchev–Trinajstić information content (AvgIpc) is 2.70. The first-order valence-electron chi connectivity index (χ1n) is 3.81. The average molecular weight is 156 g/mol. The molecule has 0 radical (unpaired) electrons. The van der Waals surface area contributed by atoms with Crippen LogP contribution in [0.15, 0.2) is 0 Å². The highest BCUT2D eigenvalue weighted by Gasteiger charge is 2.79. The van der Waals surface area contributed by atoms with Crippen LogP contribution in [0.3, 0.4) is 0 Å². The summed E-state index contributed by atoms with van der Waals surface area (Å²) in [6.07, 6.45) is 1.43. The lowest BCUT2D eigenvalue weighted by atomic mass is 9.90. The molecule has 0 amide bonds. The van der Waals surface area contributed by atoms with Crippen LogP contribution in [0.4, 0.5) is 0 Å². The Morgan fingerprint density at radius 1 is 1.36 bits per heavy atom. The van der Waals surface area contributed by atoms with Crippen molar-refractivity contribution >= 4 is 5.97 Å². The Balaban J connectivity index is 1.79. The number of ether oxygens (including phenoxy) is 2. The van der Waals surface area contributed by atoms with E-state index >= 15 is 0 Å². The van der Waals surface area contributed by atoms with Crippen molar-refractivity contribution in [3.05, 3.63) is 0 Å². The summed E-state index contributed by atoms with van der Waals surface area (Å²) >= 11 is 0. The van der Waals surface area contributed by atoms with E-state index in [1.54, 1.807) is 0 Å². The SMILES string of the molecule is O=C(O)C1CC2OC23OC3C1. The fraction of sp³-hybridized carbons (Fsp3) is 0.857. The first-order valence-corrected chi connectivity index (χ1v) is 3.81. The van der Waals surface area contributed by atoms with Crippen LogP contribution in [0.5, 0.6) is 0 Å². The van der Waals surface area contributed by atoms with Gasteiger partial charge in [-0.3, -0.25) is 4.79 Å². The van der Waals surface area contributed by atoms with Gasteiger partial charge in [-0.15, -0.1) is 0 Å². The van der Waals surface area contributed by atoms with E-state index in [2.05, 4.69) is 0 Å². The van der Waals surface area contributed by atoms with Crippen molar-refractivity contribution in [1.82, 2.24) is 0 Å². The molecule has 0 aromatic rings. The fourth-order valence-corrected chi connectivity index (χ4v) is 2.00. The molecule has 3 fully saturated rings. The number of hydrogen-bond donors (Lipinski definition) is 1. The van der Waals surface area contributed by atoms with Gasteiger partial charge in [-0.1, -0.05) is 0 Å². The summed E-state index contributed by atoms with van der Waals surface area (Å²) in [5.74, 6) is -1.25. The summed E-state index contributed by atoms with van der Waals surface area (Å²) in [6.45, 7) is 0. The van der Waals surface area contributed by atoms with Crippen molar-refractivity contribution in [2.75, 3.05) is 0 Å². The van der Waals surface area contributed by atoms with E-state index in [1.807, 2.05) is 0 Å². The monoisotopic (exact) mass is 156 g/mol. The van der Waals surface area contributed by atoms with Gasteiger partial charge in [0.25, 0.3) is 0 Å². The maximum atomic E-state index is 10.6. The second-order valence-electron chi connectivity index (χ2n) is 3.44. The number of epoxide rings is 2. The first kappa shape index (κ1) is 5.97. The zero-order valence-corrected chi connectivity index (χ0v) is 5.82. The number of hydrogen-bond acceptors (Lipinski definition) is 3. The van der Waals surface area contributed by atoms with Crippen LogP contribution < -0.4 is 0 Å². The quantitative estimate of drug-likeness (QED) is 0.542. The van der Waals surface area contributed by atoms with E-state index in [0.717, 1.165) is 0 Å². The van der Waals surface area contributed by atoms with Crippen molar-refractivity contribution in [2.45, 2.75) is 30.8 Å². The van der Waals surface area contributed by atoms with Crippen molar-refractivity contribution in [3.63, 3.8) is 0 Å². The molecule has 3 rings (SSSR count). The summed E-state index contributed by atoms with van der Waals surface area (Å²) in [4.78, 5) is 10.6. The molecule has 11 heavy (non-hydrogen) atoms. The molecule has 2 saturated heterocycles. The Morgan fingerprint density at radius 3 is 2.36 bits per heavy atom. The molecular formula is C7H8O4. The zero-order valence-electron chi connectivity index (χ0n) is 5.82. The normalized spacial score (nSPS) is 57.6. The predicted molar refractivity (Wildman–Crippen MR) is 32.8 cm³/mol. The van der Waals surface area contributed by atoms with E-state index in [9.17, 15) is 4.79 Å². The minimum absolute atomic E-state index is 0.0855. The minimum Gasteiger partial charge on any atom is -0.481 e. The van der Waals surface area contributed by atoms with Crippen LogP contribution in [-0.2, 0) is 14.3 Å². The lowest BCUT2D eigenvalue weighted by Gasteiger charge is -2.09. The Labute approximate surface area is 63.1 Å². The van der Waals surface area contributed by atoms with E-state index in [1.165, 1.54) is 0 Å². The maximum absolute atomic E-state index is 10.6. The smallest absolute Gasteiger partial charge is 0.306 e. The van der Waals surface area contributed by atoms with Gasteiger partial charge in [-0.2, -0.15) is 0 Å². The van der Waals surface area contributed by atoms with Gasteiger partial charge < -0.3 is 14.6 Å². The van der Waals surface area contributed by atoms with Crippen molar-refractivity contribution in [2.24, 2.45) is 5.92 Å². The molecule has 1 aliphatic carbocycles. The molecule has 2 unspecified atom stereocenters. The Morgan fingerprint density at radius 2 is 1.91 bits per heavy atom. The molecule has 0 aromatic heterocycles. The number of carbonyl (C=O) groups is 1. The Bertz CT molecular complexity index is 219. The molecule has 0 bridgehead atoms. The van der Waals surface area contributed by atoms with Gasteiger partial charge >= 0.3 is 5.97 Å². The summed E-state index contributed by atoms with van der Waals surface area (Å²) < 4.78 is 10.5. The highest BCUT2D eigenvalue weighted by molar-refractivity contribution is 5.70. The third kappa shape index (κ3) is 0.594. The highest BCUT2D eigenvalue weighted by atomic mass is 16.9. The predicted octanol–water partition coefficient (Wildman–Crippen LogP) is -0.0251. The third-order valence-electron chi connectivity index (χ3n) is 2.78. The van der Waals surface area contributed by atoms with Crippen LogP contribution in [0.2, 0.25) is 0 Å². The van der Waals surface area contributed by atoms with E-state index in [4.69, 9.17) is 14.6 Å². The number of carboxylic acid groups (broad SMARTS) is 1. The summed E-state index contributed by atoms with van der Waals surface area (Å²) in [5, 5.41) is 8.70. The molecule has 60 valence electrons. The van der Waals surface area contributed by atoms with Crippen LogP contribution in [0.1, 0.15) is 12.8 Å².